The number of esters is 1. The Kier molecular flexibility index (Phi) is 4.31. The van der Waals surface area contributed by atoms with E-state index in [4.69, 9.17) is 9.88 Å². The second-order valence-corrected chi connectivity index (χ2v) is 5.39. The number of carbonyl (C=O) groups excluding carboxylic acids is 1. The third-order valence-electron chi connectivity index (χ3n) is 2.03. The van der Waals surface area contributed by atoms with Gasteiger partial charge in [0, 0.05) is 0 Å². The van der Waals surface area contributed by atoms with Crippen LogP contribution in [0.15, 0.2) is 23.1 Å². The molecule has 6 nitrogen and oxygen atoms in total. The molecule has 100 valence electrons. The number of ether oxygens (including phenoxy) is 2. The molecule has 0 amide bonds. The van der Waals surface area contributed by atoms with Gasteiger partial charge in [-0.05, 0) is 32.0 Å². The summed E-state index contributed by atoms with van der Waals surface area (Å²) in [5, 5.41) is 5.08. The van der Waals surface area contributed by atoms with Crippen molar-refractivity contribution in [1.82, 2.24) is 0 Å². The van der Waals surface area contributed by atoms with Crippen LogP contribution in [0.25, 0.3) is 0 Å². The first-order valence-corrected chi connectivity index (χ1v) is 6.72. The summed E-state index contributed by atoms with van der Waals surface area (Å²) in [7, 11) is -2.77. The number of carbonyl (C=O) groups is 1. The molecule has 1 rings (SSSR count). The molecule has 7 heteroatoms. The SMILES string of the molecule is COC(=O)c1ccc(OC(C)C)c(S(N)(=O)=O)c1. The van der Waals surface area contributed by atoms with Crippen LogP contribution < -0.4 is 9.88 Å². The number of nitrogens with two attached hydrogens (primary N) is 1. The Balaban J connectivity index is 3.34. The van der Waals surface area contributed by atoms with E-state index in [2.05, 4.69) is 4.74 Å². The summed E-state index contributed by atoms with van der Waals surface area (Å²) < 4.78 is 32.7. The number of hydrogen-bond acceptors (Lipinski definition) is 5. The largest absolute Gasteiger partial charge is 0.490 e. The van der Waals surface area contributed by atoms with Crippen molar-refractivity contribution in [3.63, 3.8) is 0 Å². The maximum absolute atomic E-state index is 11.4. The lowest BCUT2D eigenvalue weighted by molar-refractivity contribution is 0.0600. The molecule has 0 radical (unpaired) electrons. The normalized spacial score (nSPS) is 11.4. The molecular weight excluding hydrogens is 258 g/mol. The van der Waals surface area contributed by atoms with Crippen LogP contribution in [0, 0.1) is 0 Å². The maximum atomic E-state index is 11.4. The average Bonchev–Trinajstić information content (AvgIpc) is 2.26. The Hall–Kier alpha value is -1.60. The van der Waals surface area contributed by atoms with Crippen LogP contribution in [-0.4, -0.2) is 27.6 Å². The molecule has 0 fully saturated rings. The highest BCUT2D eigenvalue weighted by atomic mass is 32.2. The zero-order chi connectivity index (χ0) is 13.9. The molecule has 0 unspecified atom stereocenters. The van der Waals surface area contributed by atoms with E-state index >= 15 is 0 Å². The van der Waals surface area contributed by atoms with Gasteiger partial charge in [0.05, 0.1) is 18.8 Å². The minimum absolute atomic E-state index is 0.0950. The van der Waals surface area contributed by atoms with Crippen molar-refractivity contribution in [2.24, 2.45) is 5.14 Å². The van der Waals surface area contributed by atoms with Gasteiger partial charge in [-0.1, -0.05) is 0 Å². The number of hydrogen-bond donors (Lipinski definition) is 1. The van der Waals surface area contributed by atoms with Gasteiger partial charge in [0.15, 0.2) is 0 Å². The summed E-state index contributed by atoms with van der Waals surface area (Å²) in [5.41, 5.74) is 0.0950. The van der Waals surface area contributed by atoms with E-state index in [0.29, 0.717) is 0 Å². The lowest BCUT2D eigenvalue weighted by Gasteiger charge is -2.13. The van der Waals surface area contributed by atoms with Gasteiger partial charge in [-0.15, -0.1) is 0 Å². The van der Waals surface area contributed by atoms with E-state index in [1.165, 1.54) is 19.2 Å². The van der Waals surface area contributed by atoms with E-state index < -0.39 is 16.0 Å². The van der Waals surface area contributed by atoms with E-state index in [1.54, 1.807) is 13.8 Å². The fourth-order valence-electron chi connectivity index (χ4n) is 1.33. The second-order valence-electron chi connectivity index (χ2n) is 3.86. The molecule has 18 heavy (non-hydrogen) atoms. The first-order valence-electron chi connectivity index (χ1n) is 5.17. The molecule has 2 N–H and O–H groups in total. The highest BCUT2D eigenvalue weighted by molar-refractivity contribution is 7.89. The molecule has 0 saturated heterocycles. The van der Waals surface area contributed by atoms with E-state index in [-0.39, 0.29) is 22.3 Å². The van der Waals surface area contributed by atoms with Crippen LogP contribution in [0.3, 0.4) is 0 Å². The molecule has 0 saturated carbocycles. The summed E-state index contributed by atoms with van der Waals surface area (Å²) >= 11 is 0. The summed E-state index contributed by atoms with van der Waals surface area (Å²) in [6, 6.07) is 3.93. The van der Waals surface area contributed by atoms with Crippen molar-refractivity contribution in [3.05, 3.63) is 23.8 Å². The van der Waals surface area contributed by atoms with Gasteiger partial charge in [-0.25, -0.2) is 18.4 Å². The number of rotatable bonds is 4. The standard InChI is InChI=1S/C11H15NO5S/c1-7(2)17-9-5-4-8(11(13)16-3)6-10(9)18(12,14)15/h4-7H,1-3H3,(H2,12,14,15). The van der Waals surface area contributed by atoms with Crippen molar-refractivity contribution in [1.29, 1.82) is 0 Å². The van der Waals surface area contributed by atoms with Crippen LogP contribution in [0.1, 0.15) is 24.2 Å². The summed E-state index contributed by atoms with van der Waals surface area (Å²) in [6.07, 6.45) is -0.213. The molecule has 0 aliphatic carbocycles. The smallest absolute Gasteiger partial charge is 0.337 e. The van der Waals surface area contributed by atoms with Crippen LogP contribution in [0.2, 0.25) is 0 Å². The first-order chi connectivity index (χ1) is 8.25. The van der Waals surface area contributed by atoms with E-state index in [1.807, 2.05) is 0 Å². The highest BCUT2D eigenvalue weighted by Crippen LogP contribution is 2.25. The molecule has 0 bridgehead atoms. The lowest BCUT2D eigenvalue weighted by atomic mass is 10.2. The topological polar surface area (TPSA) is 95.7 Å². The third kappa shape index (κ3) is 3.44. The molecule has 0 aliphatic rings. The fourth-order valence-corrected chi connectivity index (χ4v) is 2.01. The number of methoxy groups -OCH3 is 1. The van der Waals surface area contributed by atoms with Crippen molar-refractivity contribution >= 4 is 16.0 Å². The predicted octanol–water partition coefficient (Wildman–Crippen LogP) is 0.908. The maximum Gasteiger partial charge on any atom is 0.337 e. The Bertz CT molecular complexity index is 551. The minimum Gasteiger partial charge on any atom is -0.490 e. The van der Waals surface area contributed by atoms with Crippen molar-refractivity contribution in [3.8, 4) is 5.75 Å². The predicted molar refractivity (Wildman–Crippen MR) is 64.9 cm³/mol. The minimum atomic E-state index is -3.98. The highest BCUT2D eigenvalue weighted by Gasteiger charge is 2.19. The van der Waals surface area contributed by atoms with Gasteiger partial charge in [-0.2, -0.15) is 0 Å². The van der Waals surface area contributed by atoms with Crippen molar-refractivity contribution in [2.45, 2.75) is 24.8 Å². The van der Waals surface area contributed by atoms with Gasteiger partial charge in [0.1, 0.15) is 10.6 Å². The Labute approximate surface area is 106 Å². The molecule has 0 atom stereocenters. The third-order valence-corrected chi connectivity index (χ3v) is 2.97. The van der Waals surface area contributed by atoms with Gasteiger partial charge in [0.25, 0.3) is 0 Å². The van der Waals surface area contributed by atoms with Gasteiger partial charge in [0.2, 0.25) is 10.0 Å². The van der Waals surface area contributed by atoms with Crippen LogP contribution in [0.4, 0.5) is 0 Å². The fraction of sp³-hybridized carbons (Fsp3) is 0.364. The van der Waals surface area contributed by atoms with Crippen LogP contribution in [-0.2, 0) is 14.8 Å². The first kappa shape index (κ1) is 14.5. The van der Waals surface area contributed by atoms with E-state index in [9.17, 15) is 13.2 Å². The van der Waals surface area contributed by atoms with Gasteiger partial charge in [-0.3, -0.25) is 0 Å². The van der Waals surface area contributed by atoms with Crippen molar-refractivity contribution in [2.75, 3.05) is 7.11 Å². The summed E-state index contributed by atoms with van der Waals surface area (Å²) in [6.45, 7) is 3.50. The molecule has 0 aliphatic heterocycles. The molecule has 1 aromatic rings. The molecular formula is C11H15NO5S. The quantitative estimate of drug-likeness (QED) is 0.822. The number of sulfonamides is 1. The zero-order valence-corrected chi connectivity index (χ0v) is 11.2. The second kappa shape index (κ2) is 5.36. The average molecular weight is 273 g/mol. The number of primary sulfonamides is 1. The summed E-state index contributed by atoms with van der Waals surface area (Å²) in [4.78, 5) is 11.1. The zero-order valence-electron chi connectivity index (χ0n) is 10.3. The monoisotopic (exact) mass is 273 g/mol. The van der Waals surface area contributed by atoms with Gasteiger partial charge >= 0.3 is 5.97 Å². The molecule has 0 spiro atoms. The van der Waals surface area contributed by atoms with Crippen molar-refractivity contribution < 1.29 is 22.7 Å². The molecule has 1 aromatic carbocycles. The van der Waals surface area contributed by atoms with Crippen LogP contribution in [0.5, 0.6) is 5.75 Å². The van der Waals surface area contributed by atoms with Gasteiger partial charge < -0.3 is 9.47 Å². The Morgan fingerprint density at radius 1 is 1.33 bits per heavy atom. The Morgan fingerprint density at radius 2 is 1.94 bits per heavy atom. The molecule has 0 aromatic heterocycles. The number of benzene rings is 1. The Morgan fingerprint density at radius 3 is 2.39 bits per heavy atom. The molecule has 0 heterocycles. The van der Waals surface area contributed by atoms with E-state index in [0.717, 1.165) is 6.07 Å². The summed E-state index contributed by atoms with van der Waals surface area (Å²) in [5.74, 6) is -0.531. The van der Waals surface area contributed by atoms with Crippen LogP contribution >= 0.6 is 0 Å². The lowest BCUT2D eigenvalue weighted by Crippen LogP contribution is -2.17.